The van der Waals surface area contributed by atoms with E-state index in [2.05, 4.69) is 15.3 Å². The quantitative estimate of drug-likeness (QED) is 0.610. The van der Waals surface area contributed by atoms with E-state index in [0.717, 1.165) is 22.9 Å². The van der Waals surface area contributed by atoms with E-state index in [1.807, 2.05) is 13.8 Å². The van der Waals surface area contributed by atoms with Crippen molar-refractivity contribution in [1.29, 1.82) is 0 Å². The normalized spacial score (nSPS) is 17.4. The van der Waals surface area contributed by atoms with Crippen molar-refractivity contribution in [2.75, 3.05) is 0 Å². The highest BCUT2D eigenvalue weighted by Gasteiger charge is 2.45. The molecular formula is C23H23F3N4O3. The van der Waals surface area contributed by atoms with E-state index in [0.29, 0.717) is 18.9 Å². The topological polar surface area (TPSA) is 96.9 Å². The highest BCUT2D eigenvalue weighted by Crippen LogP contribution is 2.49. The fraction of sp³-hybridized carbons (Fsp3) is 0.391. The maximum atomic E-state index is 14.2. The van der Waals surface area contributed by atoms with Crippen LogP contribution in [0.4, 0.5) is 13.2 Å². The number of pyridine rings is 1. The molecule has 10 heteroatoms. The Morgan fingerprint density at radius 1 is 1.18 bits per heavy atom. The third-order valence-corrected chi connectivity index (χ3v) is 6.12. The van der Waals surface area contributed by atoms with E-state index >= 15 is 0 Å². The summed E-state index contributed by atoms with van der Waals surface area (Å²) < 4.78 is 41.9. The summed E-state index contributed by atoms with van der Waals surface area (Å²) in [6.45, 7) is 5.47. The molecule has 2 atom stereocenters. The fourth-order valence-electron chi connectivity index (χ4n) is 4.69. The highest BCUT2D eigenvalue weighted by atomic mass is 19.1. The molecule has 0 aliphatic heterocycles. The van der Waals surface area contributed by atoms with Gasteiger partial charge in [0.25, 0.3) is 5.56 Å². The molecule has 0 radical (unpaired) electrons. The molecule has 3 aromatic rings. The monoisotopic (exact) mass is 460 g/mol. The number of aromatic nitrogens is 3. The van der Waals surface area contributed by atoms with Crippen molar-refractivity contribution in [1.82, 2.24) is 19.9 Å². The second-order valence-electron chi connectivity index (χ2n) is 9.32. The van der Waals surface area contributed by atoms with Crippen LogP contribution in [0, 0.1) is 28.8 Å². The van der Waals surface area contributed by atoms with Crippen molar-refractivity contribution in [3.63, 3.8) is 0 Å². The molecule has 1 aromatic carbocycles. The van der Waals surface area contributed by atoms with Gasteiger partial charge in [-0.3, -0.25) is 14.6 Å². The number of carbonyl (C=O) groups is 1. The molecule has 2 aromatic heterocycles. The molecule has 1 amide bonds. The van der Waals surface area contributed by atoms with Gasteiger partial charge in [-0.15, -0.1) is 0 Å². The molecule has 2 heterocycles. The Bertz CT molecular complexity index is 1360. The lowest BCUT2D eigenvalue weighted by molar-refractivity contribution is -0.129. The summed E-state index contributed by atoms with van der Waals surface area (Å²) in [6, 6.07) is 1.90. The van der Waals surface area contributed by atoms with Crippen molar-refractivity contribution in [2.24, 2.45) is 11.3 Å². The summed E-state index contributed by atoms with van der Waals surface area (Å²) in [5, 5.41) is 2.53. The van der Waals surface area contributed by atoms with Gasteiger partial charge >= 0.3 is 5.69 Å². The first-order valence-electron chi connectivity index (χ1n) is 10.5. The van der Waals surface area contributed by atoms with Gasteiger partial charge in [0.1, 0.15) is 23.5 Å². The molecule has 0 spiro atoms. The van der Waals surface area contributed by atoms with Gasteiger partial charge in [-0.1, -0.05) is 13.8 Å². The van der Waals surface area contributed by atoms with Crippen LogP contribution in [0.5, 0.6) is 0 Å². The molecule has 0 bridgehead atoms. The third kappa shape index (κ3) is 4.29. The first kappa shape index (κ1) is 22.8. The Hall–Kier alpha value is -3.43. The van der Waals surface area contributed by atoms with Gasteiger partial charge < -0.3 is 10.3 Å². The van der Waals surface area contributed by atoms with E-state index < -0.39 is 46.7 Å². The summed E-state index contributed by atoms with van der Waals surface area (Å²) in [4.78, 5) is 45.6. The Balaban J connectivity index is 1.76. The molecule has 1 saturated carbocycles. The number of hydrogen-bond acceptors (Lipinski definition) is 4. The number of carbonyl (C=O) groups excluding carboxylic acids is 1. The van der Waals surface area contributed by atoms with Crippen LogP contribution in [0.2, 0.25) is 0 Å². The summed E-state index contributed by atoms with van der Waals surface area (Å²) in [5.41, 5.74) is -1.71. The van der Waals surface area contributed by atoms with Crippen LogP contribution in [0.15, 0.2) is 40.1 Å². The summed E-state index contributed by atoms with van der Waals surface area (Å²) in [7, 11) is 0. The van der Waals surface area contributed by atoms with Gasteiger partial charge in [0, 0.05) is 6.07 Å². The van der Waals surface area contributed by atoms with Crippen LogP contribution >= 0.6 is 0 Å². The Morgan fingerprint density at radius 2 is 1.88 bits per heavy atom. The molecule has 174 valence electrons. The lowest BCUT2D eigenvalue weighted by Crippen LogP contribution is -2.51. The van der Waals surface area contributed by atoms with Crippen LogP contribution in [0.3, 0.4) is 0 Å². The Labute approximate surface area is 186 Å². The lowest BCUT2D eigenvalue weighted by Gasteiger charge is -2.46. The largest absolute Gasteiger partial charge is 0.346 e. The van der Waals surface area contributed by atoms with Crippen molar-refractivity contribution >= 4 is 16.8 Å². The molecular weight excluding hydrogens is 437 g/mol. The van der Waals surface area contributed by atoms with Crippen molar-refractivity contribution < 1.29 is 18.0 Å². The minimum Gasteiger partial charge on any atom is -0.346 e. The van der Waals surface area contributed by atoms with E-state index in [1.165, 1.54) is 13.0 Å². The molecule has 1 aliphatic rings. The molecule has 1 fully saturated rings. The summed E-state index contributed by atoms with van der Waals surface area (Å²) in [6.07, 6.45) is 1.96. The van der Waals surface area contributed by atoms with Crippen LogP contribution in [0.25, 0.3) is 10.9 Å². The van der Waals surface area contributed by atoms with Gasteiger partial charge in [-0.05, 0) is 49.3 Å². The SMILES string of the molecule is C[C@@H](NC(=O)[C@H](C1CC(C)(C)C1)n1c(=O)[nH]c2ccc(F)cc2c1=O)c1ncc(F)cc1F. The zero-order chi connectivity index (χ0) is 24.1. The maximum absolute atomic E-state index is 14.2. The van der Waals surface area contributed by atoms with Crippen LogP contribution in [0.1, 0.15) is 51.4 Å². The number of amides is 1. The van der Waals surface area contributed by atoms with E-state index in [4.69, 9.17) is 0 Å². The average molecular weight is 460 g/mol. The smallest absolute Gasteiger partial charge is 0.329 e. The molecule has 7 nitrogen and oxygen atoms in total. The van der Waals surface area contributed by atoms with Crippen LogP contribution < -0.4 is 16.6 Å². The van der Waals surface area contributed by atoms with Gasteiger partial charge in [0.15, 0.2) is 0 Å². The number of H-pyrrole nitrogens is 1. The van der Waals surface area contributed by atoms with Crippen molar-refractivity contribution in [2.45, 2.75) is 45.7 Å². The number of fused-ring (bicyclic) bond motifs is 1. The standard InChI is InChI=1S/C23H23F3N4O3/c1-11(18-16(26)7-14(25)10-27-18)28-20(31)19(12-8-23(2,3)9-12)30-21(32)15-6-13(24)4-5-17(15)29-22(30)33/h4-7,10-12,19H,8-9H2,1-3H3,(H,28,31)(H,29,33)/t11-,19+/m1/s1. The fourth-order valence-corrected chi connectivity index (χ4v) is 4.69. The molecule has 33 heavy (non-hydrogen) atoms. The molecule has 2 N–H and O–H groups in total. The Kier molecular flexibility index (Phi) is 5.63. The number of benzene rings is 1. The van der Waals surface area contributed by atoms with Gasteiger partial charge in [-0.2, -0.15) is 0 Å². The predicted molar refractivity (Wildman–Crippen MR) is 115 cm³/mol. The van der Waals surface area contributed by atoms with E-state index in [9.17, 15) is 27.6 Å². The summed E-state index contributed by atoms with van der Waals surface area (Å²) >= 11 is 0. The molecule has 0 saturated heterocycles. The second-order valence-corrected chi connectivity index (χ2v) is 9.32. The number of halogens is 3. The maximum Gasteiger partial charge on any atom is 0.329 e. The number of aromatic amines is 1. The van der Waals surface area contributed by atoms with Crippen molar-refractivity contribution in [3.8, 4) is 0 Å². The number of hydrogen-bond donors (Lipinski definition) is 2. The minimum absolute atomic E-state index is 0.0646. The number of nitrogens with zero attached hydrogens (tertiary/aromatic N) is 2. The molecule has 0 unspecified atom stereocenters. The lowest BCUT2D eigenvalue weighted by atomic mass is 9.62. The van der Waals surface area contributed by atoms with Crippen molar-refractivity contribution in [3.05, 3.63) is 74.4 Å². The molecule has 1 aliphatic carbocycles. The second kappa shape index (κ2) is 8.17. The summed E-state index contributed by atoms with van der Waals surface area (Å²) in [5.74, 6) is -3.47. The number of nitrogens with one attached hydrogen (secondary N) is 2. The van der Waals surface area contributed by atoms with E-state index in [1.54, 1.807) is 0 Å². The highest BCUT2D eigenvalue weighted by molar-refractivity contribution is 5.82. The van der Waals surface area contributed by atoms with Crippen LogP contribution in [-0.2, 0) is 4.79 Å². The average Bonchev–Trinajstić information content (AvgIpc) is 2.69. The van der Waals surface area contributed by atoms with Gasteiger partial charge in [0.2, 0.25) is 5.91 Å². The zero-order valence-corrected chi connectivity index (χ0v) is 18.3. The van der Waals surface area contributed by atoms with Gasteiger partial charge in [0.05, 0.1) is 28.8 Å². The zero-order valence-electron chi connectivity index (χ0n) is 18.3. The van der Waals surface area contributed by atoms with Gasteiger partial charge in [-0.25, -0.2) is 22.5 Å². The van der Waals surface area contributed by atoms with E-state index in [-0.39, 0.29) is 27.9 Å². The third-order valence-electron chi connectivity index (χ3n) is 6.12. The van der Waals surface area contributed by atoms with Crippen LogP contribution in [-0.4, -0.2) is 20.4 Å². The molecule has 4 rings (SSSR count). The minimum atomic E-state index is -1.20. The first-order valence-corrected chi connectivity index (χ1v) is 10.5. The predicted octanol–water partition coefficient (Wildman–Crippen LogP) is 3.36. The first-order chi connectivity index (χ1) is 15.5. The Morgan fingerprint density at radius 3 is 2.52 bits per heavy atom. The number of rotatable bonds is 5.